The van der Waals surface area contributed by atoms with Crippen LogP contribution >= 0.6 is 11.3 Å². The Kier molecular flexibility index (Phi) is 9.18. The third-order valence-corrected chi connectivity index (χ3v) is 7.77. The Bertz CT molecular complexity index is 1050. The van der Waals surface area contributed by atoms with Gasteiger partial charge in [-0.15, -0.1) is 11.3 Å². The van der Waals surface area contributed by atoms with Gasteiger partial charge in [-0.3, -0.25) is 9.59 Å². The van der Waals surface area contributed by atoms with E-state index >= 15 is 0 Å². The first-order chi connectivity index (χ1) is 17.2. The highest BCUT2D eigenvalue weighted by Crippen LogP contribution is 2.25. The zero-order chi connectivity index (χ0) is 24.5. The minimum absolute atomic E-state index is 0.0298. The molecule has 35 heavy (non-hydrogen) atoms. The maximum Gasteiger partial charge on any atom is 0.264 e. The lowest BCUT2D eigenvalue weighted by Crippen LogP contribution is -2.47. The highest BCUT2D eigenvalue weighted by Gasteiger charge is 2.29. The van der Waals surface area contributed by atoms with E-state index in [0.717, 1.165) is 50.8 Å². The first kappa shape index (κ1) is 25.2. The summed E-state index contributed by atoms with van der Waals surface area (Å²) in [5.41, 5.74) is 2.38. The summed E-state index contributed by atoms with van der Waals surface area (Å²) in [7, 11) is 0. The fourth-order valence-electron chi connectivity index (χ4n) is 4.93. The van der Waals surface area contributed by atoms with Gasteiger partial charge in [-0.2, -0.15) is 0 Å². The van der Waals surface area contributed by atoms with Crippen molar-refractivity contribution in [3.63, 3.8) is 0 Å². The molecule has 5 nitrogen and oxygen atoms in total. The Morgan fingerprint density at radius 1 is 1.00 bits per heavy atom. The molecule has 1 aromatic carbocycles. The van der Waals surface area contributed by atoms with Crippen LogP contribution in [0.2, 0.25) is 0 Å². The lowest BCUT2D eigenvalue weighted by molar-refractivity contribution is -0.135. The molecule has 6 heteroatoms. The summed E-state index contributed by atoms with van der Waals surface area (Å²) in [6.45, 7) is 4.24. The van der Waals surface area contributed by atoms with Crippen LogP contribution in [-0.4, -0.2) is 45.3 Å². The van der Waals surface area contributed by atoms with Gasteiger partial charge in [0.1, 0.15) is 6.54 Å². The van der Waals surface area contributed by atoms with Crippen molar-refractivity contribution in [2.45, 2.75) is 71.0 Å². The van der Waals surface area contributed by atoms with Gasteiger partial charge in [0, 0.05) is 31.0 Å². The van der Waals surface area contributed by atoms with Crippen LogP contribution < -0.4 is 0 Å². The lowest BCUT2D eigenvalue weighted by atomic mass is 9.94. The first-order valence-corrected chi connectivity index (χ1v) is 13.8. The third kappa shape index (κ3) is 6.85. The molecular formula is C29H37N3O2S. The molecule has 0 spiro atoms. The molecule has 2 amide bonds. The van der Waals surface area contributed by atoms with Crippen LogP contribution in [0.5, 0.6) is 0 Å². The highest BCUT2D eigenvalue weighted by atomic mass is 32.1. The molecule has 4 rings (SSSR count). The van der Waals surface area contributed by atoms with Gasteiger partial charge < -0.3 is 14.4 Å². The van der Waals surface area contributed by atoms with Crippen molar-refractivity contribution in [1.29, 1.82) is 0 Å². The number of benzene rings is 1. The van der Waals surface area contributed by atoms with Crippen LogP contribution in [0, 0.1) is 0 Å². The summed E-state index contributed by atoms with van der Waals surface area (Å²) in [5, 5.41) is 1.92. The third-order valence-electron chi connectivity index (χ3n) is 6.91. The molecule has 0 bridgehead atoms. The Labute approximate surface area is 213 Å². The number of amides is 2. The summed E-state index contributed by atoms with van der Waals surface area (Å²) in [6.07, 6.45) is 9.62. The van der Waals surface area contributed by atoms with Crippen molar-refractivity contribution < 1.29 is 9.59 Å². The van der Waals surface area contributed by atoms with Gasteiger partial charge in [0.15, 0.2) is 0 Å². The second-order valence-corrected chi connectivity index (χ2v) is 10.4. The molecule has 0 saturated heterocycles. The van der Waals surface area contributed by atoms with Gasteiger partial charge in [-0.05, 0) is 48.4 Å². The number of aromatic nitrogens is 1. The molecule has 1 saturated carbocycles. The van der Waals surface area contributed by atoms with Crippen molar-refractivity contribution >= 4 is 23.2 Å². The molecule has 1 fully saturated rings. The Morgan fingerprint density at radius 2 is 1.80 bits per heavy atom. The van der Waals surface area contributed by atoms with Crippen molar-refractivity contribution in [2.24, 2.45) is 0 Å². The summed E-state index contributed by atoms with van der Waals surface area (Å²) >= 11 is 1.44. The predicted octanol–water partition coefficient (Wildman–Crippen LogP) is 6.20. The first-order valence-electron chi connectivity index (χ1n) is 13.0. The van der Waals surface area contributed by atoms with E-state index in [1.807, 2.05) is 23.6 Å². The number of carbonyl (C=O) groups excluding carboxylic acids is 2. The number of carbonyl (C=O) groups is 2. The highest BCUT2D eigenvalue weighted by molar-refractivity contribution is 7.12. The average molecular weight is 492 g/mol. The van der Waals surface area contributed by atoms with Crippen LogP contribution in [0.4, 0.5) is 0 Å². The average Bonchev–Trinajstić information content (AvgIpc) is 3.58. The SMILES string of the molecule is CCCCN(CC(=O)N(Cc1cccn1Cc1ccccc1)C1CCCCC1)C(=O)c1cccs1. The lowest BCUT2D eigenvalue weighted by Gasteiger charge is -2.36. The van der Waals surface area contributed by atoms with E-state index in [1.165, 1.54) is 23.3 Å². The monoisotopic (exact) mass is 491 g/mol. The van der Waals surface area contributed by atoms with E-state index in [2.05, 4.69) is 59.0 Å². The van der Waals surface area contributed by atoms with E-state index in [1.54, 1.807) is 4.90 Å². The van der Waals surface area contributed by atoms with E-state index < -0.39 is 0 Å². The molecular weight excluding hydrogens is 454 g/mol. The fraction of sp³-hybridized carbons (Fsp3) is 0.448. The van der Waals surface area contributed by atoms with Gasteiger partial charge in [0.05, 0.1) is 11.4 Å². The van der Waals surface area contributed by atoms with E-state index in [9.17, 15) is 9.59 Å². The number of unbranched alkanes of at least 4 members (excludes halogenated alkanes) is 1. The molecule has 1 aliphatic carbocycles. The van der Waals surface area contributed by atoms with E-state index in [0.29, 0.717) is 18.0 Å². The quantitative estimate of drug-likeness (QED) is 0.320. The number of rotatable bonds is 11. The summed E-state index contributed by atoms with van der Waals surface area (Å²) < 4.78 is 2.24. The number of thiophene rings is 1. The molecule has 0 aliphatic heterocycles. The molecule has 0 radical (unpaired) electrons. The van der Waals surface area contributed by atoms with E-state index in [-0.39, 0.29) is 24.4 Å². The summed E-state index contributed by atoms with van der Waals surface area (Å²) in [4.78, 5) is 31.5. The van der Waals surface area contributed by atoms with Gasteiger partial charge in [-0.1, -0.05) is 69.0 Å². The van der Waals surface area contributed by atoms with Crippen molar-refractivity contribution in [2.75, 3.05) is 13.1 Å². The second kappa shape index (κ2) is 12.7. The van der Waals surface area contributed by atoms with Crippen LogP contribution in [0.25, 0.3) is 0 Å². The molecule has 0 N–H and O–H groups in total. The maximum atomic E-state index is 13.8. The second-order valence-electron chi connectivity index (χ2n) is 9.48. The van der Waals surface area contributed by atoms with Gasteiger partial charge in [0.2, 0.25) is 5.91 Å². The zero-order valence-corrected chi connectivity index (χ0v) is 21.6. The Hall–Kier alpha value is -2.86. The summed E-state index contributed by atoms with van der Waals surface area (Å²) in [6, 6.07) is 18.6. The fourth-order valence-corrected chi connectivity index (χ4v) is 5.62. The van der Waals surface area contributed by atoms with Crippen LogP contribution in [0.3, 0.4) is 0 Å². The molecule has 3 aromatic rings. The van der Waals surface area contributed by atoms with Gasteiger partial charge in [-0.25, -0.2) is 0 Å². The minimum Gasteiger partial charge on any atom is -0.345 e. The van der Waals surface area contributed by atoms with Gasteiger partial charge >= 0.3 is 0 Å². The molecule has 0 atom stereocenters. The topological polar surface area (TPSA) is 45.6 Å². The number of hydrogen-bond acceptors (Lipinski definition) is 3. The summed E-state index contributed by atoms with van der Waals surface area (Å²) in [5.74, 6) is 0.0308. The Balaban J connectivity index is 1.53. The number of nitrogens with zero attached hydrogens (tertiary/aromatic N) is 3. The largest absolute Gasteiger partial charge is 0.345 e. The van der Waals surface area contributed by atoms with Gasteiger partial charge in [0.25, 0.3) is 5.91 Å². The Morgan fingerprint density at radius 3 is 2.51 bits per heavy atom. The van der Waals surface area contributed by atoms with Crippen LogP contribution in [0.15, 0.2) is 66.2 Å². The van der Waals surface area contributed by atoms with Crippen molar-refractivity contribution in [3.8, 4) is 0 Å². The zero-order valence-electron chi connectivity index (χ0n) is 20.8. The predicted molar refractivity (Wildman–Crippen MR) is 143 cm³/mol. The molecule has 186 valence electrons. The van der Waals surface area contributed by atoms with Crippen LogP contribution in [0.1, 0.15) is 72.8 Å². The van der Waals surface area contributed by atoms with Crippen molar-refractivity contribution in [1.82, 2.24) is 14.4 Å². The molecule has 2 aromatic heterocycles. The maximum absolute atomic E-state index is 13.8. The normalized spacial score (nSPS) is 14.1. The minimum atomic E-state index is -0.0298. The van der Waals surface area contributed by atoms with Crippen LogP contribution in [-0.2, 0) is 17.9 Å². The van der Waals surface area contributed by atoms with E-state index in [4.69, 9.17) is 0 Å². The number of hydrogen-bond donors (Lipinski definition) is 0. The molecule has 2 heterocycles. The standard InChI is InChI=1S/C29H37N3O2S/c1-2-3-18-31(29(34)27-17-11-20-35-27)23-28(33)32(25-14-8-5-9-15-25)22-26-16-10-19-30(26)21-24-12-6-4-7-13-24/h4,6-7,10-13,16-17,19-20,25H,2-3,5,8-9,14-15,18,21-23H2,1H3. The molecule has 1 aliphatic rings. The molecule has 0 unspecified atom stereocenters. The van der Waals surface area contributed by atoms with Crippen molar-refractivity contribution in [3.05, 3.63) is 82.3 Å². The smallest absolute Gasteiger partial charge is 0.264 e.